The largest absolute Gasteiger partial charge is 0.349 e. The van der Waals surface area contributed by atoms with Gasteiger partial charge in [-0.3, -0.25) is 9.59 Å². The highest BCUT2D eigenvalue weighted by Crippen LogP contribution is 2.23. The Kier molecular flexibility index (Phi) is 7.04. The molecule has 0 aromatic heterocycles. The van der Waals surface area contributed by atoms with E-state index in [4.69, 9.17) is 11.6 Å². The summed E-state index contributed by atoms with van der Waals surface area (Å²) in [6, 6.07) is 17.2. The zero-order valence-electron chi connectivity index (χ0n) is 16.8. The van der Waals surface area contributed by atoms with Gasteiger partial charge < -0.3 is 5.32 Å². The molecule has 0 radical (unpaired) electrons. The van der Waals surface area contributed by atoms with Crippen LogP contribution < -0.4 is 5.32 Å². The van der Waals surface area contributed by atoms with Crippen LogP contribution in [0.25, 0.3) is 0 Å². The number of nitrogens with zero attached hydrogens (tertiary/aromatic N) is 2. The van der Waals surface area contributed by atoms with Gasteiger partial charge in [0.1, 0.15) is 0 Å². The molecule has 0 aliphatic carbocycles. The van der Waals surface area contributed by atoms with Gasteiger partial charge in [-0.25, -0.2) is 5.01 Å². The molecular formula is C23H26ClN3O2. The molecule has 1 heterocycles. The summed E-state index contributed by atoms with van der Waals surface area (Å²) in [5.74, 6) is -0.0513. The monoisotopic (exact) mass is 411 g/mol. The Labute approximate surface area is 176 Å². The molecule has 0 fully saturated rings. The Morgan fingerprint density at radius 3 is 2.41 bits per heavy atom. The minimum absolute atomic E-state index is 0.121. The number of amides is 2. The number of halogens is 1. The molecule has 1 N–H and O–H groups in total. The molecule has 152 valence electrons. The Morgan fingerprint density at radius 1 is 1.07 bits per heavy atom. The molecule has 1 unspecified atom stereocenters. The molecule has 2 aromatic carbocycles. The summed E-state index contributed by atoms with van der Waals surface area (Å²) in [5.41, 5.74) is 2.94. The number of nitrogens with one attached hydrogen (secondary N) is 1. The van der Waals surface area contributed by atoms with E-state index in [1.54, 1.807) is 0 Å². The molecule has 6 heteroatoms. The smallest absolute Gasteiger partial charge is 0.243 e. The first-order valence-electron chi connectivity index (χ1n) is 9.92. The van der Waals surface area contributed by atoms with E-state index in [1.165, 1.54) is 5.01 Å². The number of benzene rings is 2. The molecule has 0 saturated heterocycles. The van der Waals surface area contributed by atoms with Crippen LogP contribution in [0.5, 0.6) is 0 Å². The Hall–Kier alpha value is -2.66. The molecule has 5 nitrogen and oxygen atoms in total. The first kappa shape index (κ1) is 21.1. The molecular weight excluding hydrogens is 386 g/mol. The third kappa shape index (κ3) is 5.67. The Balaban J connectivity index is 1.54. The number of rotatable bonds is 7. The maximum atomic E-state index is 12.5. The zero-order chi connectivity index (χ0) is 20.8. The van der Waals surface area contributed by atoms with Gasteiger partial charge in [0, 0.05) is 24.3 Å². The van der Waals surface area contributed by atoms with Gasteiger partial charge in [-0.15, -0.1) is 0 Å². The van der Waals surface area contributed by atoms with Crippen LogP contribution in [0.3, 0.4) is 0 Å². The predicted octanol–water partition coefficient (Wildman–Crippen LogP) is 4.57. The first-order valence-corrected chi connectivity index (χ1v) is 10.3. The Bertz CT molecular complexity index is 879. The average molecular weight is 412 g/mol. The molecule has 0 saturated carbocycles. The van der Waals surface area contributed by atoms with Crippen LogP contribution >= 0.6 is 11.6 Å². The summed E-state index contributed by atoms with van der Waals surface area (Å²) in [6.45, 7) is 4.66. The van der Waals surface area contributed by atoms with Crippen LogP contribution in [0.2, 0.25) is 5.02 Å². The molecule has 3 rings (SSSR count). The van der Waals surface area contributed by atoms with E-state index >= 15 is 0 Å². The van der Waals surface area contributed by atoms with E-state index in [9.17, 15) is 9.59 Å². The quantitative estimate of drug-likeness (QED) is 0.725. The third-order valence-corrected chi connectivity index (χ3v) is 5.23. The lowest BCUT2D eigenvalue weighted by Crippen LogP contribution is -2.33. The van der Waals surface area contributed by atoms with Crippen LogP contribution in [0, 0.1) is 5.92 Å². The van der Waals surface area contributed by atoms with Gasteiger partial charge in [0.25, 0.3) is 0 Å². The molecule has 1 aliphatic rings. The molecule has 2 amide bonds. The number of hydrogen-bond acceptors (Lipinski definition) is 3. The highest BCUT2D eigenvalue weighted by molar-refractivity contribution is 6.30. The summed E-state index contributed by atoms with van der Waals surface area (Å²) >= 11 is 5.96. The van der Waals surface area contributed by atoms with E-state index in [0.29, 0.717) is 11.6 Å². The lowest BCUT2D eigenvalue weighted by Gasteiger charge is -2.23. The standard InChI is InChI=1S/C23H26ClN3O2/c1-16(2)23(18-8-10-19(24)11-9-18)25-21(28)12-13-22(29)27-15-14-20(26-27)17-6-4-3-5-7-17/h3-11,16,23H,12-15H2,1-2H3,(H,25,28). The van der Waals surface area contributed by atoms with E-state index in [1.807, 2.05) is 54.6 Å². The summed E-state index contributed by atoms with van der Waals surface area (Å²) in [5, 5.41) is 9.62. The van der Waals surface area contributed by atoms with Gasteiger partial charge >= 0.3 is 0 Å². The summed E-state index contributed by atoms with van der Waals surface area (Å²) in [6.07, 6.45) is 1.01. The van der Waals surface area contributed by atoms with Crippen LogP contribution in [0.1, 0.15) is 50.3 Å². The van der Waals surface area contributed by atoms with Crippen molar-refractivity contribution >= 4 is 29.1 Å². The number of hydrazone groups is 1. The van der Waals surface area contributed by atoms with Crippen molar-refractivity contribution in [3.8, 4) is 0 Å². The maximum absolute atomic E-state index is 12.5. The van der Waals surface area contributed by atoms with Gasteiger partial charge in [0.2, 0.25) is 11.8 Å². The highest BCUT2D eigenvalue weighted by atomic mass is 35.5. The molecule has 0 spiro atoms. The minimum Gasteiger partial charge on any atom is -0.349 e. The lowest BCUT2D eigenvalue weighted by atomic mass is 9.96. The lowest BCUT2D eigenvalue weighted by molar-refractivity contribution is -0.133. The van der Waals surface area contributed by atoms with Crippen LogP contribution in [-0.4, -0.2) is 29.1 Å². The van der Waals surface area contributed by atoms with Crippen molar-refractivity contribution < 1.29 is 9.59 Å². The van der Waals surface area contributed by atoms with Crippen molar-refractivity contribution in [2.75, 3.05) is 6.54 Å². The minimum atomic E-state index is -0.140. The average Bonchev–Trinajstić information content (AvgIpc) is 3.22. The van der Waals surface area contributed by atoms with E-state index in [-0.39, 0.29) is 36.6 Å². The maximum Gasteiger partial charge on any atom is 0.243 e. The van der Waals surface area contributed by atoms with Crippen LogP contribution in [0.4, 0.5) is 0 Å². The van der Waals surface area contributed by atoms with Crippen molar-refractivity contribution in [3.05, 3.63) is 70.7 Å². The second kappa shape index (κ2) is 9.70. The second-order valence-electron chi connectivity index (χ2n) is 7.52. The number of carbonyl (C=O) groups is 2. The number of hydrogen-bond donors (Lipinski definition) is 1. The van der Waals surface area contributed by atoms with E-state index < -0.39 is 0 Å². The molecule has 1 aliphatic heterocycles. The van der Waals surface area contributed by atoms with Gasteiger partial charge in [-0.05, 0) is 29.2 Å². The van der Waals surface area contributed by atoms with Gasteiger partial charge in [0.15, 0.2) is 0 Å². The fourth-order valence-electron chi connectivity index (χ4n) is 3.37. The van der Waals surface area contributed by atoms with Crippen molar-refractivity contribution in [1.29, 1.82) is 0 Å². The second-order valence-corrected chi connectivity index (χ2v) is 7.96. The van der Waals surface area contributed by atoms with Gasteiger partial charge in [-0.2, -0.15) is 5.10 Å². The van der Waals surface area contributed by atoms with Gasteiger partial charge in [-0.1, -0.05) is 67.9 Å². The number of carbonyl (C=O) groups excluding carboxylic acids is 2. The summed E-state index contributed by atoms with van der Waals surface area (Å²) in [4.78, 5) is 24.9. The fourth-order valence-corrected chi connectivity index (χ4v) is 3.50. The topological polar surface area (TPSA) is 61.8 Å². The molecule has 0 bridgehead atoms. The van der Waals surface area contributed by atoms with E-state index in [0.717, 1.165) is 23.3 Å². The van der Waals surface area contributed by atoms with Crippen molar-refractivity contribution in [2.24, 2.45) is 11.0 Å². The van der Waals surface area contributed by atoms with Gasteiger partial charge in [0.05, 0.1) is 18.3 Å². The molecule has 1 atom stereocenters. The third-order valence-electron chi connectivity index (χ3n) is 4.97. The highest BCUT2D eigenvalue weighted by Gasteiger charge is 2.23. The fraction of sp³-hybridized carbons (Fsp3) is 0.348. The predicted molar refractivity (Wildman–Crippen MR) is 116 cm³/mol. The Morgan fingerprint density at radius 2 is 1.76 bits per heavy atom. The van der Waals surface area contributed by atoms with E-state index in [2.05, 4.69) is 24.3 Å². The summed E-state index contributed by atoms with van der Waals surface area (Å²) in [7, 11) is 0. The van der Waals surface area contributed by atoms with Crippen molar-refractivity contribution in [1.82, 2.24) is 10.3 Å². The SMILES string of the molecule is CC(C)C(NC(=O)CCC(=O)N1CCC(c2ccccc2)=N1)c1ccc(Cl)cc1. The molecule has 2 aromatic rings. The normalized spacial score (nSPS) is 14.6. The van der Waals surface area contributed by atoms with Crippen LogP contribution in [-0.2, 0) is 9.59 Å². The molecule has 29 heavy (non-hydrogen) atoms. The van der Waals surface area contributed by atoms with Crippen LogP contribution in [0.15, 0.2) is 59.7 Å². The first-order chi connectivity index (χ1) is 13.9. The zero-order valence-corrected chi connectivity index (χ0v) is 17.5. The van der Waals surface area contributed by atoms with Crippen molar-refractivity contribution in [2.45, 2.75) is 39.2 Å². The van der Waals surface area contributed by atoms with Crippen molar-refractivity contribution in [3.63, 3.8) is 0 Å². The summed E-state index contributed by atoms with van der Waals surface area (Å²) < 4.78 is 0.